The molecule has 1 aromatic heterocycles. The van der Waals surface area contributed by atoms with Crippen LogP contribution < -0.4 is 0 Å². The molecule has 0 bridgehead atoms. The minimum Gasteiger partial charge on any atom is -0.507 e. The van der Waals surface area contributed by atoms with Crippen molar-refractivity contribution in [1.82, 2.24) is 4.98 Å². The van der Waals surface area contributed by atoms with Gasteiger partial charge in [0.1, 0.15) is 11.3 Å². The number of carboxylic acid groups (broad SMARTS) is 1. The van der Waals surface area contributed by atoms with Gasteiger partial charge in [0.05, 0.1) is 0 Å². The van der Waals surface area contributed by atoms with Gasteiger partial charge >= 0.3 is 5.97 Å². The minimum absolute atomic E-state index is 0.0235. The highest BCUT2D eigenvalue weighted by Gasteiger charge is 2.39. The van der Waals surface area contributed by atoms with Crippen LogP contribution in [0.2, 0.25) is 0 Å². The number of phenols is 1. The molecule has 0 radical (unpaired) electrons. The summed E-state index contributed by atoms with van der Waals surface area (Å²) in [5.74, 6) is -1.69. The maximum atomic E-state index is 13.3. The Bertz CT molecular complexity index is 1300. The highest BCUT2D eigenvalue weighted by atomic mass is 16.4. The predicted octanol–water partition coefficient (Wildman–Crippen LogP) is 6.40. The molecule has 3 aromatic rings. The second-order valence-electron chi connectivity index (χ2n) is 10.2. The Morgan fingerprint density at radius 1 is 0.941 bits per heavy atom. The van der Waals surface area contributed by atoms with Gasteiger partial charge in [-0.05, 0) is 94.0 Å². The monoisotopic (exact) mass is 455 g/mol. The fourth-order valence-electron chi connectivity index (χ4n) is 4.79. The molecule has 34 heavy (non-hydrogen) atoms. The van der Waals surface area contributed by atoms with Crippen LogP contribution in [-0.2, 0) is 10.8 Å². The standard InChI is InChI=1S/C29H29NO4/c1-28(2)11-12-29(3,4)26-22(19-9-13-30-14-10-19)16-20(17-23(26)28)24(31)8-6-18-5-7-21(27(33)34)25(32)15-18/h5-10,13-17,32H,11-12H2,1-4H3,(H,33,34). The fraction of sp³-hybridized carbons (Fsp3) is 0.276. The van der Waals surface area contributed by atoms with Crippen LogP contribution >= 0.6 is 0 Å². The molecule has 0 aliphatic heterocycles. The molecule has 1 aliphatic carbocycles. The lowest BCUT2D eigenvalue weighted by Crippen LogP contribution is -2.34. The zero-order valence-corrected chi connectivity index (χ0v) is 19.9. The van der Waals surface area contributed by atoms with Crippen molar-refractivity contribution >= 4 is 17.8 Å². The molecule has 0 fully saturated rings. The Kier molecular flexibility index (Phi) is 5.90. The number of allylic oxidation sites excluding steroid dienone is 1. The molecule has 2 N–H and O–H groups in total. The van der Waals surface area contributed by atoms with Crippen LogP contribution in [0.5, 0.6) is 5.75 Å². The summed E-state index contributed by atoms with van der Waals surface area (Å²) < 4.78 is 0. The number of aromatic hydroxyl groups is 1. The number of hydrogen-bond acceptors (Lipinski definition) is 4. The van der Waals surface area contributed by atoms with Gasteiger partial charge in [-0.15, -0.1) is 0 Å². The molecule has 4 rings (SSSR count). The summed E-state index contributed by atoms with van der Waals surface area (Å²) in [6.45, 7) is 8.99. The summed E-state index contributed by atoms with van der Waals surface area (Å²) in [5.41, 5.74) is 5.44. The molecular formula is C29H29NO4. The molecule has 0 saturated heterocycles. The first-order valence-electron chi connectivity index (χ1n) is 11.4. The van der Waals surface area contributed by atoms with Crippen molar-refractivity contribution in [3.63, 3.8) is 0 Å². The van der Waals surface area contributed by atoms with E-state index in [2.05, 4.69) is 32.7 Å². The average Bonchev–Trinajstić information content (AvgIpc) is 2.80. The summed E-state index contributed by atoms with van der Waals surface area (Å²) >= 11 is 0. The number of carbonyl (C=O) groups excluding carboxylic acids is 1. The number of hydrogen-bond donors (Lipinski definition) is 2. The van der Waals surface area contributed by atoms with E-state index in [0.29, 0.717) is 11.1 Å². The normalized spacial score (nSPS) is 16.2. The van der Waals surface area contributed by atoms with Gasteiger partial charge in [0.2, 0.25) is 0 Å². The second-order valence-corrected chi connectivity index (χ2v) is 10.2. The van der Waals surface area contributed by atoms with E-state index in [-0.39, 0.29) is 27.9 Å². The third-order valence-electron chi connectivity index (χ3n) is 6.87. The Balaban J connectivity index is 1.80. The number of pyridine rings is 1. The highest BCUT2D eigenvalue weighted by molar-refractivity contribution is 6.08. The largest absolute Gasteiger partial charge is 0.507 e. The quantitative estimate of drug-likeness (QED) is 0.343. The van der Waals surface area contributed by atoms with E-state index in [1.54, 1.807) is 24.5 Å². The van der Waals surface area contributed by atoms with Crippen LogP contribution in [0.3, 0.4) is 0 Å². The highest BCUT2D eigenvalue weighted by Crippen LogP contribution is 2.49. The van der Waals surface area contributed by atoms with Crippen LogP contribution in [0.15, 0.2) is 60.9 Å². The number of aromatic nitrogens is 1. The summed E-state index contributed by atoms with van der Waals surface area (Å²) in [6.07, 6.45) is 8.69. The van der Waals surface area contributed by atoms with Gasteiger partial charge in [-0.1, -0.05) is 39.8 Å². The van der Waals surface area contributed by atoms with Crippen molar-refractivity contribution in [3.8, 4) is 16.9 Å². The first-order valence-corrected chi connectivity index (χ1v) is 11.4. The zero-order valence-electron chi connectivity index (χ0n) is 19.9. The molecule has 5 nitrogen and oxygen atoms in total. The number of ketones is 1. The number of rotatable bonds is 5. The van der Waals surface area contributed by atoms with Gasteiger partial charge in [0.15, 0.2) is 5.78 Å². The van der Waals surface area contributed by atoms with Gasteiger partial charge in [0, 0.05) is 18.0 Å². The Morgan fingerprint density at radius 3 is 2.26 bits per heavy atom. The lowest BCUT2D eigenvalue weighted by atomic mass is 9.61. The van der Waals surface area contributed by atoms with Crippen LogP contribution in [0.25, 0.3) is 17.2 Å². The van der Waals surface area contributed by atoms with E-state index in [1.807, 2.05) is 24.3 Å². The van der Waals surface area contributed by atoms with E-state index >= 15 is 0 Å². The average molecular weight is 456 g/mol. The second kappa shape index (κ2) is 8.56. The third kappa shape index (κ3) is 4.38. The maximum absolute atomic E-state index is 13.3. The van der Waals surface area contributed by atoms with Crippen molar-refractivity contribution in [1.29, 1.82) is 0 Å². The smallest absolute Gasteiger partial charge is 0.339 e. The van der Waals surface area contributed by atoms with Gasteiger partial charge in [-0.3, -0.25) is 9.78 Å². The van der Waals surface area contributed by atoms with Crippen LogP contribution in [0.4, 0.5) is 0 Å². The van der Waals surface area contributed by atoms with E-state index < -0.39 is 5.97 Å². The van der Waals surface area contributed by atoms with E-state index in [4.69, 9.17) is 5.11 Å². The molecule has 5 heteroatoms. The van der Waals surface area contributed by atoms with E-state index in [1.165, 1.54) is 29.3 Å². The van der Waals surface area contributed by atoms with Crippen molar-refractivity contribution in [2.24, 2.45) is 0 Å². The molecule has 174 valence electrons. The Hall–Kier alpha value is -3.73. The Morgan fingerprint density at radius 2 is 1.62 bits per heavy atom. The van der Waals surface area contributed by atoms with E-state index in [0.717, 1.165) is 24.0 Å². The van der Waals surface area contributed by atoms with Gasteiger partial charge in [-0.2, -0.15) is 0 Å². The van der Waals surface area contributed by atoms with Crippen LogP contribution in [-0.4, -0.2) is 26.9 Å². The summed E-state index contributed by atoms with van der Waals surface area (Å²) in [4.78, 5) is 28.5. The number of carbonyl (C=O) groups is 2. The van der Waals surface area contributed by atoms with Gasteiger partial charge in [-0.25, -0.2) is 4.79 Å². The number of nitrogens with zero attached hydrogens (tertiary/aromatic N) is 1. The van der Waals surface area contributed by atoms with Crippen molar-refractivity contribution in [2.75, 3.05) is 0 Å². The van der Waals surface area contributed by atoms with Crippen LogP contribution in [0.1, 0.15) is 77.9 Å². The molecule has 0 saturated carbocycles. The first-order chi connectivity index (χ1) is 16.0. The minimum atomic E-state index is -1.20. The number of carboxylic acids is 1. The molecule has 1 aliphatic rings. The number of aromatic carboxylic acids is 1. The molecule has 0 atom stereocenters. The topological polar surface area (TPSA) is 87.5 Å². The fourth-order valence-corrected chi connectivity index (χ4v) is 4.79. The molecular weight excluding hydrogens is 426 g/mol. The maximum Gasteiger partial charge on any atom is 0.339 e. The lowest BCUT2D eigenvalue weighted by Gasteiger charge is -2.43. The first kappa shape index (κ1) is 23.4. The molecule has 0 unspecified atom stereocenters. The molecule has 1 heterocycles. The number of benzene rings is 2. The van der Waals surface area contributed by atoms with Gasteiger partial charge < -0.3 is 10.2 Å². The van der Waals surface area contributed by atoms with Crippen molar-refractivity contribution in [2.45, 2.75) is 51.4 Å². The zero-order chi connectivity index (χ0) is 24.7. The summed E-state index contributed by atoms with van der Waals surface area (Å²) in [5, 5.41) is 19.0. The predicted molar refractivity (Wildman–Crippen MR) is 133 cm³/mol. The van der Waals surface area contributed by atoms with E-state index in [9.17, 15) is 14.7 Å². The van der Waals surface area contributed by atoms with Gasteiger partial charge in [0.25, 0.3) is 0 Å². The van der Waals surface area contributed by atoms with Crippen molar-refractivity contribution < 1.29 is 19.8 Å². The lowest BCUT2D eigenvalue weighted by molar-refractivity contribution is 0.0693. The number of fused-ring (bicyclic) bond motifs is 1. The van der Waals surface area contributed by atoms with Crippen LogP contribution in [0, 0.1) is 0 Å². The molecule has 2 aromatic carbocycles. The molecule has 0 amide bonds. The summed E-state index contributed by atoms with van der Waals surface area (Å²) in [6, 6.07) is 12.2. The molecule has 0 spiro atoms. The Labute approximate surface area is 199 Å². The SMILES string of the molecule is CC1(C)CCC(C)(C)c2c(-c3ccncc3)cc(C(=O)C=Cc3ccc(C(=O)O)c(O)c3)cc21. The summed E-state index contributed by atoms with van der Waals surface area (Å²) in [7, 11) is 0. The van der Waals surface area contributed by atoms with Crippen molar-refractivity contribution in [3.05, 3.63) is 88.8 Å². The third-order valence-corrected chi connectivity index (χ3v) is 6.87.